The van der Waals surface area contributed by atoms with E-state index in [1.54, 1.807) is 34.1 Å². The van der Waals surface area contributed by atoms with E-state index in [2.05, 4.69) is 18.2 Å². The van der Waals surface area contributed by atoms with Gasteiger partial charge in [0.1, 0.15) is 0 Å². The van der Waals surface area contributed by atoms with Gasteiger partial charge in [-0.05, 0) is 59.6 Å². The lowest BCUT2D eigenvalue weighted by molar-refractivity contribution is 1.08. The standard InChI is InChI=1S/C45H28N4S/c1-3-13-29(14-4-1)33-19-12-23-39-41(33)36-18-7-9-22-38(36)49(39)32-27-25-31(26-28-32)44-46-43(30-15-5-2-6-16-30)47-45(48-44)37-21-11-20-35-34-17-8-10-24-40(34)50-42(35)37/h1-28H/i1D,3D,4D,7D,9D,13D,14D,18D,22D. The van der Waals surface area contributed by atoms with E-state index in [4.69, 9.17) is 27.3 Å². The molecule has 7 aromatic carbocycles. The average molecular weight is 666 g/mol. The van der Waals surface area contributed by atoms with Crippen molar-refractivity contribution in [2.75, 3.05) is 0 Å². The molecule has 0 aliphatic heterocycles. The van der Waals surface area contributed by atoms with Gasteiger partial charge < -0.3 is 4.57 Å². The summed E-state index contributed by atoms with van der Waals surface area (Å²) < 4.78 is 81.7. The maximum Gasteiger partial charge on any atom is 0.165 e. The maximum atomic E-state index is 9.09. The van der Waals surface area contributed by atoms with Gasteiger partial charge in [-0.3, -0.25) is 0 Å². The van der Waals surface area contributed by atoms with Gasteiger partial charge in [-0.2, -0.15) is 0 Å². The molecule has 0 atom stereocenters. The number of fused-ring (bicyclic) bond motifs is 6. The van der Waals surface area contributed by atoms with Crippen LogP contribution in [0.15, 0.2) is 170 Å². The van der Waals surface area contributed by atoms with Crippen LogP contribution in [0.1, 0.15) is 12.3 Å². The smallest absolute Gasteiger partial charge is 0.165 e. The van der Waals surface area contributed by atoms with Crippen molar-refractivity contribution in [2.45, 2.75) is 0 Å². The van der Waals surface area contributed by atoms with Crippen molar-refractivity contribution in [3.63, 3.8) is 0 Å². The molecule has 0 aliphatic carbocycles. The SMILES string of the molecule is [2H]c1c([2H])c([2H])c(-c2cccc3c2c2c([2H])c([2H])c([2H])c([2H])c2n3-c2ccc(-c3nc(-c4ccccc4)nc(-c4cccc5c4sc4ccccc45)n3)cc2)c([2H])c1[2H]. The summed E-state index contributed by atoms with van der Waals surface area (Å²) in [5, 5.41) is 2.79. The van der Waals surface area contributed by atoms with E-state index in [1.165, 1.54) is 4.70 Å². The normalized spacial score (nSPS) is 14.1. The Bertz CT molecular complexity index is 3350. The minimum Gasteiger partial charge on any atom is -0.309 e. The van der Waals surface area contributed by atoms with Crippen molar-refractivity contribution >= 4 is 53.3 Å². The quantitative estimate of drug-likeness (QED) is 0.184. The predicted molar refractivity (Wildman–Crippen MR) is 209 cm³/mol. The molecule has 4 nitrogen and oxygen atoms in total. The van der Waals surface area contributed by atoms with Crippen LogP contribution in [-0.4, -0.2) is 19.5 Å². The number of hydrogen-bond donors (Lipinski definition) is 0. The number of benzene rings is 7. The summed E-state index contributed by atoms with van der Waals surface area (Å²) in [6, 6.07) is 32.8. The van der Waals surface area contributed by atoms with Crippen LogP contribution in [-0.2, 0) is 0 Å². The van der Waals surface area contributed by atoms with Gasteiger partial charge in [0.25, 0.3) is 0 Å². The van der Waals surface area contributed by atoms with Crippen molar-refractivity contribution in [3.05, 3.63) is 170 Å². The molecule has 0 spiro atoms. The van der Waals surface area contributed by atoms with Crippen LogP contribution in [0.3, 0.4) is 0 Å². The highest BCUT2D eigenvalue weighted by Crippen LogP contribution is 2.41. The molecule has 50 heavy (non-hydrogen) atoms. The zero-order valence-electron chi connectivity index (χ0n) is 35.2. The first-order chi connectivity index (χ1) is 28.5. The van der Waals surface area contributed by atoms with E-state index in [-0.39, 0.29) is 34.1 Å². The fourth-order valence-electron chi connectivity index (χ4n) is 6.65. The van der Waals surface area contributed by atoms with Gasteiger partial charge >= 0.3 is 0 Å². The Morgan fingerprint density at radius 1 is 0.460 bits per heavy atom. The summed E-state index contributed by atoms with van der Waals surface area (Å²) in [6.07, 6.45) is 0. The van der Waals surface area contributed by atoms with E-state index in [9.17, 15) is 0 Å². The van der Waals surface area contributed by atoms with Crippen LogP contribution >= 0.6 is 11.3 Å². The molecule has 0 radical (unpaired) electrons. The van der Waals surface area contributed by atoms with Crippen LogP contribution in [0.5, 0.6) is 0 Å². The second kappa shape index (κ2) is 11.6. The van der Waals surface area contributed by atoms with Crippen LogP contribution in [0.25, 0.3) is 93.0 Å². The lowest BCUT2D eigenvalue weighted by Crippen LogP contribution is -2.00. The molecule has 0 saturated heterocycles. The van der Waals surface area contributed by atoms with Gasteiger partial charge in [0.05, 0.1) is 23.4 Å². The number of para-hydroxylation sites is 1. The molecule has 10 aromatic rings. The summed E-state index contributed by atoms with van der Waals surface area (Å²) in [5.41, 5.74) is 3.80. The summed E-state index contributed by atoms with van der Waals surface area (Å²) in [4.78, 5) is 15.0. The average Bonchev–Trinajstić information content (AvgIpc) is 3.83. The monoisotopic (exact) mass is 665 g/mol. The van der Waals surface area contributed by atoms with E-state index < -0.39 is 42.3 Å². The third-order valence-corrected chi connectivity index (χ3v) is 10.1. The molecule has 3 heterocycles. The highest BCUT2D eigenvalue weighted by molar-refractivity contribution is 7.26. The lowest BCUT2D eigenvalue weighted by Gasteiger charge is -2.11. The molecule has 0 unspecified atom stereocenters. The van der Waals surface area contributed by atoms with Crippen LogP contribution in [0, 0.1) is 0 Å². The van der Waals surface area contributed by atoms with Gasteiger partial charge in [-0.25, -0.2) is 15.0 Å². The van der Waals surface area contributed by atoms with E-state index in [0.717, 1.165) is 26.6 Å². The fraction of sp³-hybridized carbons (Fsp3) is 0. The highest BCUT2D eigenvalue weighted by atomic mass is 32.1. The Hall–Kier alpha value is -6.43. The number of thiophene rings is 1. The number of nitrogens with zero attached hydrogens (tertiary/aromatic N) is 4. The van der Waals surface area contributed by atoms with Crippen LogP contribution in [0.2, 0.25) is 0 Å². The van der Waals surface area contributed by atoms with Crippen molar-refractivity contribution in [1.29, 1.82) is 0 Å². The zero-order chi connectivity index (χ0) is 40.9. The molecule has 0 amide bonds. The largest absolute Gasteiger partial charge is 0.309 e. The molecule has 0 bridgehead atoms. The Kier molecular flexibility index (Phi) is 4.84. The summed E-state index contributed by atoms with van der Waals surface area (Å²) in [5.74, 6) is 1.46. The van der Waals surface area contributed by atoms with Crippen molar-refractivity contribution in [3.8, 4) is 51.0 Å². The third-order valence-electron chi connectivity index (χ3n) is 8.89. The first-order valence-corrected chi connectivity index (χ1v) is 16.8. The minimum absolute atomic E-state index is 0.0605. The molecule has 0 fully saturated rings. The Balaban J connectivity index is 1.19. The van der Waals surface area contributed by atoms with Gasteiger partial charge in [-0.1, -0.05) is 121 Å². The molecule has 0 saturated carbocycles. The highest BCUT2D eigenvalue weighted by Gasteiger charge is 2.18. The van der Waals surface area contributed by atoms with Gasteiger partial charge in [0.2, 0.25) is 0 Å². The fourth-order valence-corrected chi connectivity index (χ4v) is 7.86. The lowest BCUT2D eigenvalue weighted by atomic mass is 9.99. The first kappa shape index (κ1) is 20.8. The Labute approximate surface area is 305 Å². The number of rotatable bonds is 5. The van der Waals surface area contributed by atoms with Gasteiger partial charge in [0, 0.05) is 53.3 Å². The molecule has 5 heteroatoms. The van der Waals surface area contributed by atoms with Crippen LogP contribution in [0.4, 0.5) is 0 Å². The molecule has 0 N–H and O–H groups in total. The zero-order valence-corrected chi connectivity index (χ0v) is 27.0. The summed E-state index contributed by atoms with van der Waals surface area (Å²) >= 11 is 1.69. The third kappa shape index (κ3) is 4.63. The van der Waals surface area contributed by atoms with E-state index in [0.29, 0.717) is 39.6 Å². The number of hydrogen-bond acceptors (Lipinski definition) is 4. The summed E-state index contributed by atoms with van der Waals surface area (Å²) in [7, 11) is 0. The molecular formula is C45H28N4S. The Morgan fingerprint density at radius 3 is 1.96 bits per heavy atom. The molecule has 234 valence electrons. The van der Waals surface area contributed by atoms with Crippen molar-refractivity contribution < 1.29 is 12.3 Å². The minimum atomic E-state index is -0.529. The van der Waals surface area contributed by atoms with Gasteiger partial charge in [-0.15, -0.1) is 11.3 Å². The maximum absolute atomic E-state index is 9.09. The molecule has 0 aliphatic rings. The van der Waals surface area contributed by atoms with Gasteiger partial charge in [0.15, 0.2) is 17.5 Å². The van der Waals surface area contributed by atoms with Crippen molar-refractivity contribution in [2.24, 2.45) is 0 Å². The predicted octanol–water partition coefficient (Wildman–Crippen LogP) is 12.0. The second-order valence-corrected chi connectivity index (χ2v) is 12.8. The van der Waals surface area contributed by atoms with Crippen molar-refractivity contribution in [1.82, 2.24) is 19.5 Å². The molecule has 3 aromatic heterocycles. The molecular weight excluding hydrogens is 629 g/mol. The topological polar surface area (TPSA) is 43.6 Å². The summed E-state index contributed by atoms with van der Waals surface area (Å²) in [6.45, 7) is 0. The second-order valence-electron chi connectivity index (χ2n) is 11.8. The Morgan fingerprint density at radius 2 is 1.12 bits per heavy atom. The van der Waals surface area contributed by atoms with Crippen LogP contribution < -0.4 is 0 Å². The first-order valence-electron chi connectivity index (χ1n) is 20.5. The van der Waals surface area contributed by atoms with E-state index >= 15 is 0 Å². The van der Waals surface area contributed by atoms with E-state index in [1.807, 2.05) is 78.9 Å². The molecule has 10 rings (SSSR count). The number of aromatic nitrogens is 4.